The molecule has 0 unspecified atom stereocenters. The first-order valence-electron chi connectivity index (χ1n) is 7.20. The van der Waals surface area contributed by atoms with Crippen molar-refractivity contribution >= 4 is 5.91 Å². The molecule has 0 fully saturated rings. The van der Waals surface area contributed by atoms with Crippen molar-refractivity contribution in [3.63, 3.8) is 0 Å². The van der Waals surface area contributed by atoms with Gasteiger partial charge in [0.25, 0.3) is 0 Å². The molecule has 0 aromatic heterocycles. The monoisotopic (exact) mass is 273 g/mol. The zero-order chi connectivity index (χ0) is 14.6. The zero-order valence-corrected chi connectivity index (χ0v) is 11.9. The summed E-state index contributed by atoms with van der Waals surface area (Å²) in [6, 6.07) is 6.99. The van der Waals surface area contributed by atoms with Gasteiger partial charge in [0, 0.05) is 12.0 Å². The molecule has 108 valence electrons. The molecule has 0 saturated heterocycles. The predicted octanol–water partition coefficient (Wildman–Crippen LogP) is 3.53. The van der Waals surface area contributed by atoms with Gasteiger partial charge < -0.3 is 10.5 Å². The fourth-order valence-corrected chi connectivity index (χ4v) is 1.97. The maximum atomic E-state index is 11.0. The van der Waals surface area contributed by atoms with Crippen LogP contribution in [0.4, 0.5) is 0 Å². The van der Waals surface area contributed by atoms with Crippen LogP contribution >= 0.6 is 0 Å². The maximum Gasteiger partial charge on any atom is 0.248 e. The molecule has 3 heteroatoms. The molecule has 2 N–H and O–H groups in total. The van der Waals surface area contributed by atoms with Crippen LogP contribution < -0.4 is 10.5 Å². The van der Waals surface area contributed by atoms with Crippen molar-refractivity contribution in [2.75, 3.05) is 6.61 Å². The van der Waals surface area contributed by atoms with E-state index in [9.17, 15) is 4.79 Å². The number of hydrogen-bond donors (Lipinski definition) is 1. The molecule has 1 aromatic rings. The van der Waals surface area contributed by atoms with Crippen molar-refractivity contribution in [3.8, 4) is 18.1 Å². The third-order valence-corrected chi connectivity index (χ3v) is 3.10. The first-order valence-corrected chi connectivity index (χ1v) is 7.20. The molecule has 0 aliphatic rings. The summed E-state index contributed by atoms with van der Waals surface area (Å²) < 4.78 is 5.61. The second kappa shape index (κ2) is 9.91. The number of terminal acetylenes is 1. The van der Waals surface area contributed by atoms with Gasteiger partial charge in [-0.1, -0.05) is 31.7 Å². The Morgan fingerprint density at radius 2 is 1.85 bits per heavy atom. The normalized spacial score (nSPS) is 9.95. The van der Waals surface area contributed by atoms with E-state index in [1.807, 2.05) is 6.07 Å². The van der Waals surface area contributed by atoms with Crippen LogP contribution in [-0.2, 0) is 0 Å². The molecule has 1 rings (SSSR count). The Hall–Kier alpha value is -1.95. The van der Waals surface area contributed by atoms with Gasteiger partial charge in [-0.3, -0.25) is 4.79 Å². The minimum atomic E-state index is -0.428. The average molecular weight is 273 g/mol. The molecule has 0 radical (unpaired) electrons. The quantitative estimate of drug-likeness (QED) is 0.523. The summed E-state index contributed by atoms with van der Waals surface area (Å²) in [7, 11) is 0. The second-order valence-corrected chi connectivity index (χ2v) is 4.82. The SMILES string of the molecule is C#CCCCCCCCCOc1cccc(C(N)=O)c1. The van der Waals surface area contributed by atoms with E-state index in [2.05, 4.69) is 5.92 Å². The standard InChI is InChI=1S/C17H23NO2/c1-2-3-4-5-6-7-8-9-13-20-16-12-10-11-15(14-16)17(18)19/h1,10-12,14H,3-9,13H2,(H2,18,19). The van der Waals surface area contributed by atoms with Gasteiger partial charge in [0.2, 0.25) is 5.91 Å². The number of carbonyl (C=O) groups excluding carboxylic acids is 1. The first-order chi connectivity index (χ1) is 9.74. The van der Waals surface area contributed by atoms with Gasteiger partial charge in [-0.2, -0.15) is 0 Å². The third kappa shape index (κ3) is 6.84. The molecule has 0 aliphatic heterocycles. The number of benzene rings is 1. The van der Waals surface area contributed by atoms with Gasteiger partial charge >= 0.3 is 0 Å². The van der Waals surface area contributed by atoms with Crippen molar-refractivity contribution in [1.29, 1.82) is 0 Å². The Morgan fingerprint density at radius 3 is 2.55 bits per heavy atom. The maximum absolute atomic E-state index is 11.0. The molecule has 0 heterocycles. The fraction of sp³-hybridized carbons (Fsp3) is 0.471. The van der Waals surface area contributed by atoms with Crippen molar-refractivity contribution in [3.05, 3.63) is 29.8 Å². The second-order valence-electron chi connectivity index (χ2n) is 4.82. The van der Waals surface area contributed by atoms with E-state index in [0.29, 0.717) is 17.9 Å². The van der Waals surface area contributed by atoms with Crippen molar-refractivity contribution < 1.29 is 9.53 Å². The molecule has 3 nitrogen and oxygen atoms in total. The smallest absolute Gasteiger partial charge is 0.248 e. The van der Waals surface area contributed by atoms with E-state index in [0.717, 1.165) is 25.7 Å². The predicted molar refractivity (Wildman–Crippen MR) is 81.6 cm³/mol. The van der Waals surface area contributed by atoms with Crippen LogP contribution in [0, 0.1) is 12.3 Å². The molecular formula is C17H23NO2. The zero-order valence-electron chi connectivity index (χ0n) is 11.9. The minimum absolute atomic E-state index is 0.428. The number of primary amides is 1. The molecule has 1 aromatic carbocycles. The van der Waals surface area contributed by atoms with Crippen molar-refractivity contribution in [2.24, 2.45) is 5.73 Å². The Morgan fingerprint density at radius 1 is 1.15 bits per heavy atom. The van der Waals surface area contributed by atoms with E-state index in [1.165, 1.54) is 19.3 Å². The molecule has 0 atom stereocenters. The average Bonchev–Trinajstić information content (AvgIpc) is 2.46. The van der Waals surface area contributed by atoms with E-state index in [1.54, 1.807) is 18.2 Å². The Bertz CT molecular complexity index is 449. The number of hydrogen-bond acceptors (Lipinski definition) is 2. The van der Waals surface area contributed by atoms with Crippen LogP contribution in [0.15, 0.2) is 24.3 Å². The topological polar surface area (TPSA) is 52.3 Å². The Kier molecular flexibility index (Phi) is 7.98. The van der Waals surface area contributed by atoms with Crippen LogP contribution in [0.2, 0.25) is 0 Å². The highest BCUT2D eigenvalue weighted by atomic mass is 16.5. The Labute approximate surface area is 121 Å². The lowest BCUT2D eigenvalue weighted by molar-refractivity contribution is 0.1000. The van der Waals surface area contributed by atoms with E-state index in [4.69, 9.17) is 16.9 Å². The number of amides is 1. The highest BCUT2D eigenvalue weighted by molar-refractivity contribution is 5.93. The summed E-state index contributed by atoms with van der Waals surface area (Å²) in [6.07, 6.45) is 13.1. The molecule has 0 spiro atoms. The van der Waals surface area contributed by atoms with E-state index in [-0.39, 0.29) is 0 Å². The van der Waals surface area contributed by atoms with Crippen LogP contribution in [0.25, 0.3) is 0 Å². The molecule has 0 saturated carbocycles. The van der Waals surface area contributed by atoms with Gasteiger partial charge in [0.15, 0.2) is 0 Å². The van der Waals surface area contributed by atoms with Crippen molar-refractivity contribution in [2.45, 2.75) is 44.9 Å². The van der Waals surface area contributed by atoms with Crippen LogP contribution in [0.5, 0.6) is 5.75 Å². The fourth-order valence-electron chi connectivity index (χ4n) is 1.97. The van der Waals surface area contributed by atoms with Crippen LogP contribution in [0.1, 0.15) is 55.3 Å². The largest absolute Gasteiger partial charge is 0.494 e. The number of ether oxygens (including phenoxy) is 1. The summed E-state index contributed by atoms with van der Waals surface area (Å²) >= 11 is 0. The van der Waals surface area contributed by atoms with Gasteiger partial charge in [0.05, 0.1) is 6.61 Å². The summed E-state index contributed by atoms with van der Waals surface area (Å²) in [5.41, 5.74) is 5.70. The number of nitrogens with two attached hydrogens (primary N) is 1. The molecule has 1 amide bonds. The summed E-state index contributed by atoms with van der Waals surface area (Å²) in [4.78, 5) is 11.0. The van der Waals surface area contributed by atoms with Gasteiger partial charge in [-0.25, -0.2) is 0 Å². The van der Waals surface area contributed by atoms with E-state index >= 15 is 0 Å². The lowest BCUT2D eigenvalue weighted by Gasteiger charge is -2.07. The molecular weight excluding hydrogens is 250 g/mol. The summed E-state index contributed by atoms with van der Waals surface area (Å²) in [5, 5.41) is 0. The molecule has 0 aliphatic carbocycles. The van der Waals surface area contributed by atoms with Crippen LogP contribution in [0.3, 0.4) is 0 Å². The number of rotatable bonds is 10. The molecule has 0 bridgehead atoms. The lowest BCUT2D eigenvalue weighted by Crippen LogP contribution is -2.10. The summed E-state index contributed by atoms with van der Waals surface area (Å²) in [5.74, 6) is 2.93. The minimum Gasteiger partial charge on any atom is -0.494 e. The van der Waals surface area contributed by atoms with Crippen molar-refractivity contribution in [1.82, 2.24) is 0 Å². The summed E-state index contributed by atoms with van der Waals surface area (Å²) in [6.45, 7) is 0.673. The van der Waals surface area contributed by atoms with Gasteiger partial charge in [0.1, 0.15) is 5.75 Å². The van der Waals surface area contributed by atoms with Gasteiger partial charge in [-0.05, 0) is 31.0 Å². The molecule has 20 heavy (non-hydrogen) atoms. The Balaban J connectivity index is 2.08. The van der Waals surface area contributed by atoms with Gasteiger partial charge in [-0.15, -0.1) is 12.3 Å². The highest BCUT2D eigenvalue weighted by Gasteiger charge is 2.01. The van der Waals surface area contributed by atoms with Crippen LogP contribution in [-0.4, -0.2) is 12.5 Å². The number of carbonyl (C=O) groups is 1. The lowest BCUT2D eigenvalue weighted by atomic mass is 10.1. The number of unbranched alkanes of at least 4 members (excludes halogenated alkanes) is 6. The highest BCUT2D eigenvalue weighted by Crippen LogP contribution is 2.14. The van der Waals surface area contributed by atoms with E-state index < -0.39 is 5.91 Å². The first kappa shape index (κ1) is 16.1. The third-order valence-electron chi connectivity index (χ3n) is 3.10.